The lowest BCUT2D eigenvalue weighted by Gasteiger charge is -2.27. The molecule has 3 rings (SSSR count). The van der Waals surface area contributed by atoms with E-state index in [9.17, 15) is 0 Å². The SMILES string of the molecule is C=NC(C)=NC(=NCCCC)C(N)CC.CCc1ccco1.Cc1ccc2c(c1)N(C)CCC2. The van der Waals surface area contributed by atoms with Gasteiger partial charge in [0.25, 0.3) is 0 Å². The number of aliphatic imine (C=N–C) groups is 3. The van der Waals surface area contributed by atoms with Crippen molar-refractivity contribution in [1.29, 1.82) is 0 Å². The molecule has 0 aliphatic carbocycles. The zero-order chi connectivity index (χ0) is 25.3. The number of rotatable bonds is 6. The van der Waals surface area contributed by atoms with Gasteiger partial charge in [0.2, 0.25) is 0 Å². The molecule has 0 saturated heterocycles. The van der Waals surface area contributed by atoms with Crippen LogP contribution in [-0.2, 0) is 12.8 Å². The first kappa shape index (κ1) is 29.3. The van der Waals surface area contributed by atoms with Crippen LogP contribution in [0.4, 0.5) is 5.69 Å². The quantitative estimate of drug-likeness (QED) is 0.309. The first-order valence-electron chi connectivity index (χ1n) is 12.5. The molecule has 1 aliphatic heterocycles. The molecule has 1 aliphatic rings. The summed E-state index contributed by atoms with van der Waals surface area (Å²) in [4.78, 5) is 14.7. The second-order valence-electron chi connectivity index (χ2n) is 8.52. The summed E-state index contributed by atoms with van der Waals surface area (Å²) >= 11 is 0. The Bertz CT molecular complexity index is 886. The van der Waals surface area contributed by atoms with E-state index in [1.165, 1.54) is 36.2 Å². The Balaban J connectivity index is 0.000000270. The molecule has 0 saturated carbocycles. The minimum absolute atomic E-state index is 0.0986. The molecule has 34 heavy (non-hydrogen) atoms. The fourth-order valence-electron chi connectivity index (χ4n) is 3.35. The fraction of sp³-hybridized carbons (Fsp3) is 0.536. The molecule has 2 N–H and O–H groups in total. The van der Waals surface area contributed by atoms with Crippen molar-refractivity contribution in [3.63, 3.8) is 0 Å². The molecular formula is C28H45N5O. The maximum atomic E-state index is 5.90. The smallest absolute Gasteiger partial charge is 0.142 e. The lowest BCUT2D eigenvalue weighted by Crippen LogP contribution is -2.29. The highest BCUT2D eigenvalue weighted by molar-refractivity contribution is 5.99. The second-order valence-corrected chi connectivity index (χ2v) is 8.52. The number of unbranched alkanes of at least 4 members (excludes halogenated alkanes) is 1. The summed E-state index contributed by atoms with van der Waals surface area (Å²) in [5, 5.41) is 0. The number of amidine groups is 2. The van der Waals surface area contributed by atoms with Gasteiger partial charge in [-0.25, -0.2) is 9.98 Å². The average molecular weight is 468 g/mol. The Morgan fingerprint density at radius 2 is 2.00 bits per heavy atom. The molecule has 0 amide bonds. The van der Waals surface area contributed by atoms with Crippen LogP contribution in [0, 0.1) is 6.92 Å². The number of anilines is 1. The Morgan fingerprint density at radius 1 is 1.24 bits per heavy atom. The van der Waals surface area contributed by atoms with E-state index in [2.05, 4.69) is 72.6 Å². The van der Waals surface area contributed by atoms with Gasteiger partial charge >= 0.3 is 0 Å². The highest BCUT2D eigenvalue weighted by atomic mass is 16.3. The third-order valence-corrected chi connectivity index (χ3v) is 5.58. The molecule has 0 fully saturated rings. The van der Waals surface area contributed by atoms with Crippen molar-refractivity contribution in [1.82, 2.24) is 0 Å². The zero-order valence-corrected chi connectivity index (χ0v) is 22.2. The molecule has 0 radical (unpaired) electrons. The molecule has 188 valence electrons. The van der Waals surface area contributed by atoms with Crippen LogP contribution < -0.4 is 10.6 Å². The van der Waals surface area contributed by atoms with Crippen molar-refractivity contribution in [3.05, 3.63) is 53.5 Å². The Labute approximate surface area is 207 Å². The zero-order valence-electron chi connectivity index (χ0n) is 22.2. The first-order chi connectivity index (χ1) is 16.4. The third kappa shape index (κ3) is 10.9. The number of furan rings is 1. The lowest BCUT2D eigenvalue weighted by atomic mass is 10.0. The predicted octanol–water partition coefficient (Wildman–Crippen LogP) is 6.26. The molecule has 1 aromatic heterocycles. The van der Waals surface area contributed by atoms with Crippen molar-refractivity contribution in [3.8, 4) is 0 Å². The minimum atomic E-state index is -0.0986. The maximum absolute atomic E-state index is 5.90. The van der Waals surface area contributed by atoms with E-state index in [1.807, 2.05) is 19.1 Å². The van der Waals surface area contributed by atoms with Gasteiger partial charge in [-0.3, -0.25) is 4.99 Å². The van der Waals surface area contributed by atoms with Crippen LogP contribution in [0.5, 0.6) is 0 Å². The van der Waals surface area contributed by atoms with Gasteiger partial charge in [0.05, 0.1) is 12.3 Å². The average Bonchev–Trinajstić information content (AvgIpc) is 3.38. The summed E-state index contributed by atoms with van der Waals surface area (Å²) in [6, 6.07) is 10.5. The number of fused-ring (bicyclic) bond motifs is 1. The molecule has 1 unspecified atom stereocenters. The Kier molecular flexibility index (Phi) is 14.5. The molecule has 2 heterocycles. The molecule has 0 bridgehead atoms. The monoisotopic (exact) mass is 467 g/mol. The van der Waals surface area contributed by atoms with Gasteiger partial charge in [-0.05, 0) is 75.6 Å². The minimum Gasteiger partial charge on any atom is -0.469 e. The summed E-state index contributed by atoms with van der Waals surface area (Å²) < 4.78 is 4.98. The van der Waals surface area contributed by atoms with E-state index in [0.717, 1.165) is 38.0 Å². The van der Waals surface area contributed by atoms with Gasteiger partial charge < -0.3 is 15.1 Å². The number of aryl methyl sites for hydroxylation is 3. The van der Waals surface area contributed by atoms with Gasteiger partial charge in [-0.1, -0.05) is 39.3 Å². The van der Waals surface area contributed by atoms with Crippen LogP contribution in [0.2, 0.25) is 0 Å². The first-order valence-corrected chi connectivity index (χ1v) is 12.5. The van der Waals surface area contributed by atoms with E-state index in [-0.39, 0.29) is 6.04 Å². The standard InChI is InChI=1S/C11H22N4.C11H15N.C6H8O/c1-5-7-8-14-11(10(12)6-2)15-9(3)13-4;1-9-5-6-10-4-3-7-12(2)11(10)8-9;1-2-6-4-3-5-7-6/h10H,4-8,12H2,1-3H3;5-6,8H,3-4,7H2,1-2H3;3-5H,2H2,1H3. The van der Waals surface area contributed by atoms with Crippen molar-refractivity contribution < 1.29 is 4.42 Å². The van der Waals surface area contributed by atoms with Crippen LogP contribution in [0.15, 0.2) is 56.0 Å². The van der Waals surface area contributed by atoms with Gasteiger partial charge in [0.1, 0.15) is 17.4 Å². The number of hydrogen-bond donors (Lipinski definition) is 1. The number of hydrogen-bond acceptors (Lipinski definition) is 4. The van der Waals surface area contributed by atoms with Gasteiger partial charge in [0.15, 0.2) is 0 Å². The van der Waals surface area contributed by atoms with E-state index in [0.29, 0.717) is 11.7 Å². The normalized spacial score (nSPS) is 14.3. The molecule has 1 aromatic carbocycles. The number of benzene rings is 1. The number of nitrogens with zero attached hydrogens (tertiary/aromatic N) is 4. The third-order valence-electron chi connectivity index (χ3n) is 5.58. The van der Waals surface area contributed by atoms with Crippen molar-refractivity contribution in [2.24, 2.45) is 20.7 Å². The molecular weight excluding hydrogens is 422 g/mol. The summed E-state index contributed by atoms with van der Waals surface area (Å²) in [5.41, 5.74) is 10.2. The summed E-state index contributed by atoms with van der Waals surface area (Å²) in [6.45, 7) is 15.6. The van der Waals surface area contributed by atoms with Gasteiger partial charge in [0, 0.05) is 32.2 Å². The maximum Gasteiger partial charge on any atom is 0.142 e. The molecule has 0 spiro atoms. The van der Waals surface area contributed by atoms with Crippen LogP contribution >= 0.6 is 0 Å². The largest absolute Gasteiger partial charge is 0.469 e. The Morgan fingerprint density at radius 3 is 2.56 bits per heavy atom. The number of nitrogens with two attached hydrogens (primary N) is 1. The van der Waals surface area contributed by atoms with E-state index < -0.39 is 0 Å². The summed E-state index contributed by atoms with van der Waals surface area (Å²) in [5.74, 6) is 2.37. The van der Waals surface area contributed by atoms with Crippen LogP contribution in [0.1, 0.15) is 70.3 Å². The van der Waals surface area contributed by atoms with Gasteiger partial charge in [-0.2, -0.15) is 0 Å². The molecule has 1 atom stereocenters. The van der Waals surface area contributed by atoms with Crippen molar-refractivity contribution in [2.75, 3.05) is 25.0 Å². The van der Waals surface area contributed by atoms with Crippen LogP contribution in [0.3, 0.4) is 0 Å². The summed E-state index contributed by atoms with van der Waals surface area (Å²) in [6.07, 6.45) is 8.26. The summed E-state index contributed by atoms with van der Waals surface area (Å²) in [7, 11) is 2.18. The topological polar surface area (TPSA) is 79.5 Å². The molecule has 2 aromatic rings. The van der Waals surface area contributed by atoms with E-state index >= 15 is 0 Å². The highest BCUT2D eigenvalue weighted by Gasteiger charge is 2.12. The van der Waals surface area contributed by atoms with Gasteiger partial charge in [-0.15, -0.1) is 0 Å². The van der Waals surface area contributed by atoms with E-state index in [1.54, 1.807) is 13.2 Å². The second kappa shape index (κ2) is 16.8. The Hall–Kier alpha value is -2.73. The molecule has 6 nitrogen and oxygen atoms in total. The highest BCUT2D eigenvalue weighted by Crippen LogP contribution is 2.26. The van der Waals surface area contributed by atoms with Crippen LogP contribution in [0.25, 0.3) is 0 Å². The van der Waals surface area contributed by atoms with Crippen molar-refractivity contribution >= 4 is 24.1 Å². The van der Waals surface area contributed by atoms with E-state index in [4.69, 9.17) is 10.2 Å². The van der Waals surface area contributed by atoms with Crippen molar-refractivity contribution in [2.45, 2.75) is 79.2 Å². The lowest BCUT2D eigenvalue weighted by molar-refractivity contribution is 0.516. The molecule has 6 heteroatoms. The fourth-order valence-corrected chi connectivity index (χ4v) is 3.35. The van der Waals surface area contributed by atoms with Crippen LogP contribution in [-0.4, -0.2) is 44.6 Å². The predicted molar refractivity (Wildman–Crippen MR) is 149 cm³/mol.